The van der Waals surface area contributed by atoms with E-state index in [-0.39, 0.29) is 0 Å². The SMILES string of the molecule is Cn1cc([C@H](O)CNCc2cn(C)nc2C2CCCCC2)cn1. The van der Waals surface area contributed by atoms with Crippen LogP contribution in [-0.4, -0.2) is 31.2 Å². The van der Waals surface area contributed by atoms with E-state index in [0.717, 1.165) is 12.1 Å². The molecule has 0 unspecified atom stereocenters. The first kappa shape index (κ1) is 16.2. The topological polar surface area (TPSA) is 67.9 Å². The van der Waals surface area contributed by atoms with Crippen LogP contribution < -0.4 is 5.32 Å². The summed E-state index contributed by atoms with van der Waals surface area (Å²) in [6, 6.07) is 0. The van der Waals surface area contributed by atoms with Crippen molar-refractivity contribution in [3.05, 3.63) is 35.4 Å². The fourth-order valence-electron chi connectivity index (χ4n) is 3.48. The number of aryl methyl sites for hydroxylation is 2. The number of hydrogen-bond acceptors (Lipinski definition) is 4. The molecule has 2 aromatic heterocycles. The largest absolute Gasteiger partial charge is 0.387 e. The monoisotopic (exact) mass is 317 g/mol. The van der Waals surface area contributed by atoms with Gasteiger partial charge in [0, 0.05) is 56.6 Å². The van der Waals surface area contributed by atoms with E-state index in [0.29, 0.717) is 12.5 Å². The van der Waals surface area contributed by atoms with Gasteiger partial charge >= 0.3 is 0 Å². The zero-order valence-corrected chi connectivity index (χ0v) is 14.1. The highest BCUT2D eigenvalue weighted by Crippen LogP contribution is 2.33. The van der Waals surface area contributed by atoms with Crippen LogP contribution in [0, 0.1) is 0 Å². The van der Waals surface area contributed by atoms with Crippen molar-refractivity contribution >= 4 is 0 Å². The van der Waals surface area contributed by atoms with Gasteiger partial charge in [0.1, 0.15) is 0 Å². The van der Waals surface area contributed by atoms with Gasteiger partial charge in [-0.2, -0.15) is 10.2 Å². The normalized spacial score (nSPS) is 17.5. The quantitative estimate of drug-likeness (QED) is 0.855. The first-order chi connectivity index (χ1) is 11.1. The Bertz CT molecular complexity index is 627. The number of aliphatic hydroxyl groups excluding tert-OH is 1. The smallest absolute Gasteiger partial charge is 0.0944 e. The lowest BCUT2D eigenvalue weighted by Crippen LogP contribution is -2.21. The van der Waals surface area contributed by atoms with Crippen LogP contribution in [0.15, 0.2) is 18.6 Å². The molecule has 1 saturated carbocycles. The number of aliphatic hydroxyl groups is 1. The van der Waals surface area contributed by atoms with Gasteiger partial charge in [0.05, 0.1) is 18.0 Å². The van der Waals surface area contributed by atoms with E-state index < -0.39 is 6.10 Å². The maximum absolute atomic E-state index is 10.2. The predicted octanol–water partition coefficient (Wildman–Crippen LogP) is 2.02. The lowest BCUT2D eigenvalue weighted by Gasteiger charge is -2.21. The summed E-state index contributed by atoms with van der Waals surface area (Å²) in [6.45, 7) is 1.27. The van der Waals surface area contributed by atoms with Crippen molar-refractivity contribution in [2.45, 2.75) is 50.7 Å². The molecular weight excluding hydrogens is 290 g/mol. The summed E-state index contributed by atoms with van der Waals surface area (Å²) in [5, 5.41) is 22.4. The highest BCUT2D eigenvalue weighted by atomic mass is 16.3. The molecule has 126 valence electrons. The van der Waals surface area contributed by atoms with Crippen LogP contribution in [0.4, 0.5) is 0 Å². The molecule has 1 fully saturated rings. The lowest BCUT2D eigenvalue weighted by molar-refractivity contribution is 0.174. The average molecular weight is 317 g/mol. The summed E-state index contributed by atoms with van der Waals surface area (Å²) in [5.41, 5.74) is 3.35. The maximum atomic E-state index is 10.2. The molecular formula is C17H27N5O. The number of aromatic nitrogens is 4. The molecule has 0 aromatic carbocycles. The summed E-state index contributed by atoms with van der Waals surface area (Å²) >= 11 is 0. The van der Waals surface area contributed by atoms with Crippen molar-refractivity contribution < 1.29 is 5.11 Å². The van der Waals surface area contributed by atoms with E-state index in [1.54, 1.807) is 10.9 Å². The maximum Gasteiger partial charge on any atom is 0.0944 e. The van der Waals surface area contributed by atoms with Crippen molar-refractivity contribution in [2.75, 3.05) is 6.54 Å². The van der Waals surface area contributed by atoms with Crippen LogP contribution in [0.3, 0.4) is 0 Å². The zero-order valence-electron chi connectivity index (χ0n) is 14.1. The van der Waals surface area contributed by atoms with Gasteiger partial charge in [0.25, 0.3) is 0 Å². The van der Waals surface area contributed by atoms with Gasteiger partial charge < -0.3 is 10.4 Å². The number of hydrogen-bond donors (Lipinski definition) is 2. The molecule has 0 radical (unpaired) electrons. The molecule has 6 nitrogen and oxygen atoms in total. The second-order valence-electron chi connectivity index (χ2n) is 6.64. The molecule has 2 heterocycles. The van der Waals surface area contributed by atoms with Crippen molar-refractivity contribution in [1.82, 2.24) is 24.9 Å². The summed E-state index contributed by atoms with van der Waals surface area (Å²) in [7, 11) is 3.84. The van der Waals surface area contributed by atoms with E-state index in [2.05, 4.69) is 16.6 Å². The van der Waals surface area contributed by atoms with Gasteiger partial charge in [-0.05, 0) is 12.8 Å². The summed E-state index contributed by atoms with van der Waals surface area (Å²) in [6.07, 6.45) is 11.6. The Morgan fingerprint density at radius 3 is 2.70 bits per heavy atom. The van der Waals surface area contributed by atoms with Crippen LogP contribution in [-0.2, 0) is 20.6 Å². The van der Waals surface area contributed by atoms with Gasteiger partial charge in [-0.1, -0.05) is 19.3 Å². The third-order valence-corrected chi connectivity index (χ3v) is 4.69. The minimum atomic E-state index is -0.529. The minimum absolute atomic E-state index is 0.519. The third kappa shape index (κ3) is 4.00. The fourth-order valence-corrected chi connectivity index (χ4v) is 3.48. The molecule has 23 heavy (non-hydrogen) atoms. The highest BCUT2D eigenvalue weighted by molar-refractivity contribution is 5.21. The summed E-state index contributed by atoms with van der Waals surface area (Å²) in [4.78, 5) is 0. The first-order valence-electron chi connectivity index (χ1n) is 8.53. The second-order valence-corrected chi connectivity index (χ2v) is 6.64. The van der Waals surface area contributed by atoms with Gasteiger partial charge in [0.2, 0.25) is 0 Å². The lowest BCUT2D eigenvalue weighted by atomic mass is 9.85. The molecule has 0 spiro atoms. The zero-order chi connectivity index (χ0) is 16.2. The Hall–Kier alpha value is -1.66. The van der Waals surface area contributed by atoms with Crippen molar-refractivity contribution in [3.8, 4) is 0 Å². The van der Waals surface area contributed by atoms with Gasteiger partial charge in [-0.15, -0.1) is 0 Å². The van der Waals surface area contributed by atoms with Crippen molar-refractivity contribution in [3.63, 3.8) is 0 Å². The molecule has 0 amide bonds. The molecule has 2 N–H and O–H groups in total. The minimum Gasteiger partial charge on any atom is -0.387 e. The average Bonchev–Trinajstić information content (AvgIpc) is 3.14. The molecule has 0 aliphatic heterocycles. The van der Waals surface area contributed by atoms with E-state index >= 15 is 0 Å². The van der Waals surface area contributed by atoms with Crippen LogP contribution in [0.5, 0.6) is 0 Å². The van der Waals surface area contributed by atoms with Gasteiger partial charge in [-0.25, -0.2) is 0 Å². The number of rotatable bonds is 6. The molecule has 3 rings (SSSR count). The highest BCUT2D eigenvalue weighted by Gasteiger charge is 2.21. The fraction of sp³-hybridized carbons (Fsp3) is 0.647. The third-order valence-electron chi connectivity index (χ3n) is 4.69. The Labute approximate surface area is 137 Å². The molecule has 1 aliphatic rings. The van der Waals surface area contributed by atoms with E-state index in [1.165, 1.54) is 43.4 Å². The molecule has 0 saturated heterocycles. The molecule has 6 heteroatoms. The van der Waals surface area contributed by atoms with Crippen molar-refractivity contribution in [2.24, 2.45) is 14.1 Å². The Kier molecular flexibility index (Phi) is 5.13. The van der Waals surface area contributed by atoms with Crippen LogP contribution in [0.25, 0.3) is 0 Å². The Morgan fingerprint density at radius 2 is 2.00 bits per heavy atom. The van der Waals surface area contributed by atoms with Gasteiger partial charge in [-0.3, -0.25) is 9.36 Å². The first-order valence-corrected chi connectivity index (χ1v) is 8.53. The van der Waals surface area contributed by atoms with E-state index in [9.17, 15) is 5.11 Å². The molecule has 1 atom stereocenters. The number of nitrogens with one attached hydrogen (secondary N) is 1. The van der Waals surface area contributed by atoms with Crippen LogP contribution >= 0.6 is 0 Å². The predicted molar refractivity (Wildman–Crippen MR) is 88.9 cm³/mol. The molecule has 0 bridgehead atoms. The number of nitrogens with zero attached hydrogens (tertiary/aromatic N) is 4. The van der Waals surface area contributed by atoms with Gasteiger partial charge in [0.15, 0.2) is 0 Å². The van der Waals surface area contributed by atoms with Crippen LogP contribution in [0.1, 0.15) is 60.9 Å². The van der Waals surface area contributed by atoms with Crippen LogP contribution in [0.2, 0.25) is 0 Å². The second kappa shape index (κ2) is 7.27. The molecule has 2 aromatic rings. The Morgan fingerprint density at radius 1 is 1.22 bits per heavy atom. The summed E-state index contributed by atoms with van der Waals surface area (Å²) in [5.74, 6) is 0.602. The van der Waals surface area contributed by atoms with E-state index in [1.807, 2.05) is 25.0 Å². The van der Waals surface area contributed by atoms with E-state index in [4.69, 9.17) is 5.10 Å². The van der Waals surface area contributed by atoms with Crippen molar-refractivity contribution in [1.29, 1.82) is 0 Å². The summed E-state index contributed by atoms with van der Waals surface area (Å²) < 4.78 is 3.62. The standard InChI is InChI=1S/C17H27N5O/c1-21-11-14(9-19-21)16(23)10-18-8-15-12-22(2)20-17(15)13-6-4-3-5-7-13/h9,11-13,16,18,23H,3-8,10H2,1-2H3/t16-/m1/s1. The Balaban J connectivity index is 1.57. The molecule has 1 aliphatic carbocycles.